The van der Waals surface area contributed by atoms with Crippen molar-refractivity contribution in [3.8, 4) is 0 Å². The molecule has 0 radical (unpaired) electrons. The Balaban J connectivity index is 1.86. The predicted octanol–water partition coefficient (Wildman–Crippen LogP) is 2.84. The highest BCUT2D eigenvalue weighted by molar-refractivity contribution is 8.13. The Bertz CT molecular complexity index is 626. The van der Waals surface area contributed by atoms with E-state index in [1.54, 1.807) is 4.57 Å². The Morgan fingerprint density at radius 1 is 1.29 bits per heavy atom. The van der Waals surface area contributed by atoms with Gasteiger partial charge >= 0.3 is 0 Å². The van der Waals surface area contributed by atoms with Crippen LogP contribution in [0, 0.1) is 23.7 Å². The third-order valence-electron chi connectivity index (χ3n) is 4.89. The second kappa shape index (κ2) is 5.54. The Hall–Kier alpha value is -0.620. The second-order valence-corrected chi connectivity index (χ2v) is 9.44. The first kappa shape index (κ1) is 15.3. The van der Waals surface area contributed by atoms with Gasteiger partial charge in [-0.15, -0.1) is 10.2 Å². The van der Waals surface area contributed by atoms with Crippen LogP contribution in [0.15, 0.2) is 5.16 Å². The predicted molar refractivity (Wildman–Crippen MR) is 80.5 cm³/mol. The molecule has 0 amide bonds. The van der Waals surface area contributed by atoms with Gasteiger partial charge < -0.3 is 4.57 Å². The molecule has 2 fully saturated rings. The molecule has 0 saturated heterocycles. The molecule has 7 heteroatoms. The zero-order valence-electron chi connectivity index (χ0n) is 12.5. The fourth-order valence-electron chi connectivity index (χ4n) is 4.06. The van der Waals surface area contributed by atoms with Crippen molar-refractivity contribution in [2.24, 2.45) is 23.7 Å². The van der Waals surface area contributed by atoms with Crippen LogP contribution in [-0.4, -0.2) is 23.2 Å². The summed E-state index contributed by atoms with van der Waals surface area (Å²) in [6.45, 7) is 4.68. The molecule has 2 bridgehead atoms. The number of hydrogen-bond acceptors (Lipinski definition) is 4. The Kier molecular flexibility index (Phi) is 4.03. The van der Waals surface area contributed by atoms with Gasteiger partial charge in [0.15, 0.2) is 0 Å². The summed E-state index contributed by atoms with van der Waals surface area (Å²) in [5.74, 6) is 3.38. The van der Waals surface area contributed by atoms with Crippen molar-refractivity contribution in [3.63, 3.8) is 0 Å². The second-order valence-electron chi connectivity index (χ2n) is 6.98. The van der Waals surface area contributed by atoms with Crippen LogP contribution in [0.5, 0.6) is 0 Å². The molecule has 118 valence electrons. The van der Waals surface area contributed by atoms with Crippen molar-refractivity contribution in [2.45, 2.75) is 57.7 Å². The minimum absolute atomic E-state index is 0.101. The van der Waals surface area contributed by atoms with Gasteiger partial charge in [-0.1, -0.05) is 20.3 Å². The number of nitrogens with zero attached hydrogens (tertiary/aromatic N) is 3. The molecule has 3 unspecified atom stereocenters. The van der Waals surface area contributed by atoms with E-state index in [1.807, 2.05) is 13.8 Å². The molecule has 2 saturated carbocycles. The minimum atomic E-state index is -3.84. The summed E-state index contributed by atoms with van der Waals surface area (Å²) in [4.78, 5) is 0. The zero-order chi connectivity index (χ0) is 15.2. The molecule has 0 spiro atoms. The Morgan fingerprint density at radius 2 is 2.05 bits per heavy atom. The molecular formula is C14H22ClN3O2S. The topological polar surface area (TPSA) is 64.8 Å². The molecule has 0 aromatic carbocycles. The maximum atomic E-state index is 11.7. The average Bonchev–Trinajstić information content (AvgIpc) is 3.04. The first-order valence-electron chi connectivity index (χ1n) is 7.71. The van der Waals surface area contributed by atoms with E-state index >= 15 is 0 Å². The summed E-state index contributed by atoms with van der Waals surface area (Å²) < 4.78 is 25.0. The normalized spacial score (nSPS) is 28.7. The molecule has 0 aliphatic heterocycles. The van der Waals surface area contributed by atoms with Gasteiger partial charge in [-0.2, -0.15) is 0 Å². The summed E-state index contributed by atoms with van der Waals surface area (Å²) in [7, 11) is 1.65. The van der Waals surface area contributed by atoms with Crippen molar-refractivity contribution in [2.75, 3.05) is 0 Å². The molecule has 2 aliphatic rings. The fourth-order valence-corrected chi connectivity index (χ4v) is 4.98. The van der Waals surface area contributed by atoms with E-state index in [-0.39, 0.29) is 5.16 Å². The molecule has 3 rings (SSSR count). The summed E-state index contributed by atoms with van der Waals surface area (Å²) in [6, 6.07) is 0. The first-order valence-corrected chi connectivity index (χ1v) is 10.0. The van der Waals surface area contributed by atoms with Gasteiger partial charge in [0, 0.05) is 23.6 Å². The Morgan fingerprint density at radius 3 is 2.57 bits per heavy atom. The first-order chi connectivity index (χ1) is 9.84. The number of aromatic nitrogens is 3. The van der Waals surface area contributed by atoms with Crippen molar-refractivity contribution in [3.05, 3.63) is 5.82 Å². The molecule has 0 N–H and O–H groups in total. The largest absolute Gasteiger partial charge is 0.301 e. The number of fused-ring (bicyclic) bond motifs is 2. The van der Waals surface area contributed by atoms with Crippen LogP contribution in [-0.2, 0) is 22.0 Å². The van der Waals surface area contributed by atoms with E-state index in [4.69, 9.17) is 10.7 Å². The van der Waals surface area contributed by atoms with Crippen LogP contribution in [0.4, 0.5) is 0 Å². The smallest absolute Gasteiger partial charge is 0.296 e. The van der Waals surface area contributed by atoms with Crippen molar-refractivity contribution >= 4 is 19.7 Å². The standard InChI is InChI=1S/C14H22ClN3O2S/c1-9(2)8-18-13(16-17-14(18)21(15,19)20)7-12-6-10-3-4-11(12)5-10/h9-12H,3-8H2,1-2H3. The van der Waals surface area contributed by atoms with E-state index in [0.29, 0.717) is 18.4 Å². The lowest BCUT2D eigenvalue weighted by molar-refractivity contribution is 0.319. The summed E-state index contributed by atoms with van der Waals surface area (Å²) in [6.07, 6.45) is 6.09. The van der Waals surface area contributed by atoms with E-state index in [1.165, 1.54) is 25.7 Å². The monoisotopic (exact) mass is 331 g/mol. The molecule has 1 heterocycles. The van der Waals surface area contributed by atoms with E-state index in [0.717, 1.165) is 24.1 Å². The van der Waals surface area contributed by atoms with Crippen LogP contribution in [0.2, 0.25) is 0 Å². The van der Waals surface area contributed by atoms with Gasteiger partial charge in [0.05, 0.1) is 0 Å². The molecule has 1 aromatic heterocycles. The van der Waals surface area contributed by atoms with Gasteiger partial charge in [0.2, 0.25) is 0 Å². The molecular weight excluding hydrogens is 310 g/mol. The SMILES string of the molecule is CC(C)Cn1c(CC2CC3CCC2C3)nnc1S(=O)(=O)Cl. The summed E-state index contributed by atoms with van der Waals surface area (Å²) >= 11 is 0. The highest BCUT2D eigenvalue weighted by atomic mass is 35.7. The van der Waals surface area contributed by atoms with Gasteiger partial charge in [-0.05, 0) is 42.9 Å². The maximum Gasteiger partial charge on any atom is 0.296 e. The zero-order valence-corrected chi connectivity index (χ0v) is 14.1. The Labute approximate surface area is 130 Å². The minimum Gasteiger partial charge on any atom is -0.301 e. The van der Waals surface area contributed by atoms with Crippen molar-refractivity contribution < 1.29 is 8.42 Å². The average molecular weight is 332 g/mol. The van der Waals surface area contributed by atoms with Crippen LogP contribution >= 0.6 is 10.7 Å². The third kappa shape index (κ3) is 3.11. The van der Waals surface area contributed by atoms with E-state index in [2.05, 4.69) is 10.2 Å². The third-order valence-corrected chi connectivity index (χ3v) is 6.04. The highest BCUT2D eigenvalue weighted by Crippen LogP contribution is 2.49. The van der Waals surface area contributed by atoms with Gasteiger partial charge in [-0.25, -0.2) is 8.42 Å². The maximum absolute atomic E-state index is 11.7. The lowest BCUT2D eigenvalue weighted by Crippen LogP contribution is -2.19. The number of halogens is 1. The lowest BCUT2D eigenvalue weighted by atomic mass is 9.86. The van der Waals surface area contributed by atoms with Crippen LogP contribution in [0.3, 0.4) is 0 Å². The molecule has 5 nitrogen and oxygen atoms in total. The van der Waals surface area contributed by atoms with E-state index in [9.17, 15) is 8.42 Å². The molecule has 21 heavy (non-hydrogen) atoms. The van der Waals surface area contributed by atoms with Gasteiger partial charge in [0.25, 0.3) is 14.2 Å². The fraction of sp³-hybridized carbons (Fsp3) is 0.857. The van der Waals surface area contributed by atoms with Crippen molar-refractivity contribution in [1.82, 2.24) is 14.8 Å². The van der Waals surface area contributed by atoms with E-state index < -0.39 is 9.05 Å². The van der Waals surface area contributed by atoms with Crippen LogP contribution in [0.1, 0.15) is 45.4 Å². The van der Waals surface area contributed by atoms with Gasteiger partial charge in [-0.3, -0.25) is 0 Å². The summed E-state index contributed by atoms with van der Waals surface area (Å²) in [5.41, 5.74) is 0. The quantitative estimate of drug-likeness (QED) is 0.778. The summed E-state index contributed by atoms with van der Waals surface area (Å²) in [5, 5.41) is 7.87. The van der Waals surface area contributed by atoms with Crippen molar-refractivity contribution in [1.29, 1.82) is 0 Å². The molecule has 2 aliphatic carbocycles. The highest BCUT2D eigenvalue weighted by Gasteiger charge is 2.40. The van der Waals surface area contributed by atoms with Crippen LogP contribution in [0.25, 0.3) is 0 Å². The lowest BCUT2D eigenvalue weighted by Gasteiger charge is -2.21. The van der Waals surface area contributed by atoms with Gasteiger partial charge in [0.1, 0.15) is 5.82 Å². The van der Waals surface area contributed by atoms with Crippen LogP contribution < -0.4 is 0 Å². The molecule has 3 atom stereocenters. The number of rotatable bonds is 5. The number of hydrogen-bond donors (Lipinski definition) is 0. The molecule has 1 aromatic rings.